The quantitative estimate of drug-likeness (QED) is 0.116. The van der Waals surface area contributed by atoms with E-state index in [0.29, 0.717) is 38.3 Å². The predicted octanol–water partition coefficient (Wildman–Crippen LogP) is 2.65. The van der Waals surface area contributed by atoms with E-state index < -0.39 is 10.0 Å². The summed E-state index contributed by atoms with van der Waals surface area (Å²) in [5, 5.41) is 4.24. The first-order chi connectivity index (χ1) is 16.5. The molecular formula is C24H30N4O5S. The fourth-order valence-corrected chi connectivity index (χ4v) is 4.84. The SMILES string of the molecule is CCOCCO/C(C=O)=C(/C=N\Nc1ccccc1)N1CCN(S(=O)(=O)Cc2ccccc2)C1. The molecule has 0 unspecified atom stereocenters. The van der Waals surface area contributed by atoms with Crippen LogP contribution in [0.15, 0.2) is 77.2 Å². The highest BCUT2D eigenvalue weighted by atomic mass is 32.2. The Morgan fingerprint density at radius 2 is 1.76 bits per heavy atom. The van der Waals surface area contributed by atoms with Crippen LogP contribution in [0.3, 0.4) is 0 Å². The molecule has 182 valence electrons. The van der Waals surface area contributed by atoms with Crippen molar-refractivity contribution >= 4 is 28.2 Å². The molecule has 10 heteroatoms. The Morgan fingerprint density at radius 1 is 1.06 bits per heavy atom. The molecule has 1 heterocycles. The van der Waals surface area contributed by atoms with Gasteiger partial charge >= 0.3 is 0 Å². The van der Waals surface area contributed by atoms with Gasteiger partial charge in [0.1, 0.15) is 12.3 Å². The number of nitrogens with one attached hydrogen (secondary N) is 1. The molecule has 0 amide bonds. The molecule has 0 saturated carbocycles. The number of para-hydroxylation sites is 1. The third-order valence-corrected chi connectivity index (χ3v) is 6.86. The molecule has 3 rings (SSSR count). The van der Waals surface area contributed by atoms with Crippen molar-refractivity contribution in [1.82, 2.24) is 9.21 Å². The fourth-order valence-electron chi connectivity index (χ4n) is 3.37. The van der Waals surface area contributed by atoms with Crippen LogP contribution in [0.5, 0.6) is 0 Å². The average Bonchev–Trinajstić information content (AvgIpc) is 3.35. The van der Waals surface area contributed by atoms with Crippen molar-refractivity contribution in [3.05, 3.63) is 77.7 Å². The molecule has 2 aromatic rings. The number of ether oxygens (including phenoxy) is 2. The minimum atomic E-state index is -3.54. The van der Waals surface area contributed by atoms with Gasteiger partial charge in [-0.15, -0.1) is 0 Å². The van der Waals surface area contributed by atoms with Gasteiger partial charge in [0.2, 0.25) is 10.0 Å². The number of hydrazone groups is 1. The Hall–Kier alpha value is -3.21. The van der Waals surface area contributed by atoms with Gasteiger partial charge in [-0.25, -0.2) is 8.42 Å². The second-order valence-corrected chi connectivity index (χ2v) is 9.44. The first-order valence-electron chi connectivity index (χ1n) is 11.0. The molecule has 0 atom stereocenters. The summed E-state index contributed by atoms with van der Waals surface area (Å²) >= 11 is 0. The lowest BCUT2D eigenvalue weighted by molar-refractivity contribution is -0.108. The molecule has 0 radical (unpaired) electrons. The number of sulfonamides is 1. The Kier molecular flexibility index (Phi) is 9.62. The summed E-state index contributed by atoms with van der Waals surface area (Å²) in [5.41, 5.74) is 4.80. The van der Waals surface area contributed by atoms with Gasteiger partial charge in [-0.1, -0.05) is 48.5 Å². The van der Waals surface area contributed by atoms with E-state index in [1.54, 1.807) is 17.0 Å². The van der Waals surface area contributed by atoms with Gasteiger partial charge in [0.05, 0.1) is 30.9 Å². The van der Waals surface area contributed by atoms with Crippen LogP contribution >= 0.6 is 0 Å². The smallest absolute Gasteiger partial charge is 0.219 e. The van der Waals surface area contributed by atoms with E-state index in [1.807, 2.05) is 55.5 Å². The van der Waals surface area contributed by atoms with E-state index in [1.165, 1.54) is 10.5 Å². The van der Waals surface area contributed by atoms with Crippen molar-refractivity contribution in [2.24, 2.45) is 5.10 Å². The van der Waals surface area contributed by atoms with Gasteiger partial charge in [-0.2, -0.15) is 9.41 Å². The van der Waals surface area contributed by atoms with E-state index in [2.05, 4.69) is 10.5 Å². The minimum Gasteiger partial charge on any atom is -0.486 e. The first-order valence-corrected chi connectivity index (χ1v) is 12.6. The molecule has 2 aromatic carbocycles. The normalized spacial score (nSPS) is 15.4. The van der Waals surface area contributed by atoms with Crippen LogP contribution in [-0.4, -0.2) is 69.7 Å². The molecule has 1 N–H and O–H groups in total. The zero-order chi connectivity index (χ0) is 24.2. The van der Waals surface area contributed by atoms with Crippen LogP contribution in [0, 0.1) is 0 Å². The number of hydrogen-bond donors (Lipinski definition) is 1. The van der Waals surface area contributed by atoms with E-state index in [0.717, 1.165) is 11.3 Å². The van der Waals surface area contributed by atoms with E-state index in [9.17, 15) is 13.2 Å². The van der Waals surface area contributed by atoms with E-state index in [-0.39, 0.29) is 24.8 Å². The molecular weight excluding hydrogens is 456 g/mol. The van der Waals surface area contributed by atoms with Crippen molar-refractivity contribution in [3.63, 3.8) is 0 Å². The topological polar surface area (TPSA) is 101 Å². The number of nitrogens with zero attached hydrogens (tertiary/aromatic N) is 3. The number of hydrogen-bond acceptors (Lipinski definition) is 8. The molecule has 1 saturated heterocycles. The molecule has 34 heavy (non-hydrogen) atoms. The number of aldehydes is 1. The molecule has 0 spiro atoms. The van der Waals surface area contributed by atoms with Crippen molar-refractivity contribution in [2.75, 3.05) is 45.0 Å². The number of carbonyl (C=O) groups is 1. The second kappa shape index (κ2) is 12.9. The van der Waals surface area contributed by atoms with Gasteiger partial charge in [0, 0.05) is 19.7 Å². The molecule has 9 nitrogen and oxygen atoms in total. The molecule has 1 aliphatic rings. The molecule has 0 bridgehead atoms. The van der Waals surface area contributed by atoms with Crippen LogP contribution < -0.4 is 5.43 Å². The zero-order valence-corrected chi connectivity index (χ0v) is 20.0. The van der Waals surface area contributed by atoms with Gasteiger partial charge in [-0.3, -0.25) is 10.2 Å². The van der Waals surface area contributed by atoms with Crippen molar-refractivity contribution in [2.45, 2.75) is 12.7 Å². The highest BCUT2D eigenvalue weighted by Gasteiger charge is 2.32. The highest BCUT2D eigenvalue weighted by Crippen LogP contribution is 2.20. The summed E-state index contributed by atoms with van der Waals surface area (Å²) in [4.78, 5) is 13.6. The Morgan fingerprint density at radius 3 is 2.44 bits per heavy atom. The fraction of sp³-hybridized carbons (Fsp3) is 0.333. The van der Waals surface area contributed by atoms with Gasteiger partial charge in [-0.05, 0) is 24.6 Å². The summed E-state index contributed by atoms with van der Waals surface area (Å²) in [7, 11) is -3.54. The van der Waals surface area contributed by atoms with Gasteiger partial charge in [0.15, 0.2) is 12.0 Å². The van der Waals surface area contributed by atoms with E-state index >= 15 is 0 Å². The zero-order valence-electron chi connectivity index (χ0n) is 19.2. The Labute approximate surface area is 200 Å². The van der Waals surface area contributed by atoms with Gasteiger partial charge in [0.25, 0.3) is 0 Å². The van der Waals surface area contributed by atoms with Crippen molar-refractivity contribution in [1.29, 1.82) is 0 Å². The maximum atomic E-state index is 13.0. The average molecular weight is 487 g/mol. The molecule has 0 aromatic heterocycles. The number of benzene rings is 2. The summed E-state index contributed by atoms with van der Waals surface area (Å²) in [6.07, 6.45) is 2.08. The van der Waals surface area contributed by atoms with Crippen LogP contribution in [0.4, 0.5) is 5.69 Å². The van der Waals surface area contributed by atoms with Crippen molar-refractivity contribution in [3.8, 4) is 0 Å². The lowest BCUT2D eigenvalue weighted by atomic mass is 10.2. The van der Waals surface area contributed by atoms with Gasteiger partial charge < -0.3 is 14.4 Å². The summed E-state index contributed by atoms with van der Waals surface area (Å²) in [5.74, 6) is -0.0175. The number of carbonyl (C=O) groups excluding carboxylic acids is 1. The Bertz CT molecular complexity index is 1080. The highest BCUT2D eigenvalue weighted by molar-refractivity contribution is 7.88. The van der Waals surface area contributed by atoms with Crippen LogP contribution in [-0.2, 0) is 30.0 Å². The van der Waals surface area contributed by atoms with Crippen LogP contribution in [0.1, 0.15) is 12.5 Å². The second-order valence-electron chi connectivity index (χ2n) is 7.47. The molecule has 1 fully saturated rings. The number of allylic oxidation sites excluding steroid dienone is 2. The predicted molar refractivity (Wildman–Crippen MR) is 131 cm³/mol. The lowest BCUT2D eigenvalue weighted by Crippen LogP contribution is -2.32. The van der Waals surface area contributed by atoms with Crippen molar-refractivity contribution < 1.29 is 22.7 Å². The first kappa shape index (κ1) is 25.4. The Balaban J connectivity index is 1.76. The summed E-state index contributed by atoms with van der Waals surface area (Å²) < 4.78 is 38.3. The third kappa shape index (κ3) is 7.41. The maximum Gasteiger partial charge on any atom is 0.219 e. The number of anilines is 1. The third-order valence-electron chi connectivity index (χ3n) is 5.08. The monoisotopic (exact) mass is 486 g/mol. The summed E-state index contributed by atoms with van der Waals surface area (Å²) in [6.45, 7) is 3.72. The maximum absolute atomic E-state index is 13.0. The summed E-state index contributed by atoms with van der Waals surface area (Å²) in [6, 6.07) is 18.4. The molecule has 0 aliphatic carbocycles. The van der Waals surface area contributed by atoms with Crippen LogP contribution in [0.25, 0.3) is 0 Å². The van der Waals surface area contributed by atoms with Crippen LogP contribution in [0.2, 0.25) is 0 Å². The lowest BCUT2D eigenvalue weighted by Gasteiger charge is -2.22. The molecule has 1 aliphatic heterocycles. The standard InChI is InChI=1S/C24H30N4O5S/c1-2-32-15-16-33-24(18-29)23(17-25-26-22-11-7-4-8-12-22)27-13-14-28(20-27)34(30,31)19-21-9-5-3-6-10-21/h3-12,17-18,26H,2,13-16,19-20H2,1H3/b24-23-,25-17-. The number of rotatable bonds is 13. The minimum absolute atomic E-state index is 0.0700. The van der Waals surface area contributed by atoms with E-state index in [4.69, 9.17) is 9.47 Å². The largest absolute Gasteiger partial charge is 0.486 e.